The Kier molecular flexibility index (Phi) is 3.11. The van der Waals surface area contributed by atoms with Crippen LogP contribution in [0.3, 0.4) is 0 Å². The van der Waals surface area contributed by atoms with E-state index in [0.717, 1.165) is 11.4 Å². The molecule has 3 rings (SSSR count). The summed E-state index contributed by atoms with van der Waals surface area (Å²) in [7, 11) is 0. The zero-order valence-corrected chi connectivity index (χ0v) is 11.5. The van der Waals surface area contributed by atoms with Crippen LogP contribution in [0.2, 0.25) is 0 Å². The number of pyridine rings is 1. The summed E-state index contributed by atoms with van der Waals surface area (Å²) in [5.74, 6) is 1.18. The number of aromatic nitrogens is 1. The summed E-state index contributed by atoms with van der Waals surface area (Å²) in [5, 5.41) is 0. The van der Waals surface area contributed by atoms with Crippen LogP contribution in [0.4, 0.5) is 0 Å². The number of nitrogens with zero attached hydrogens (tertiary/aromatic N) is 1. The van der Waals surface area contributed by atoms with E-state index >= 15 is 0 Å². The summed E-state index contributed by atoms with van der Waals surface area (Å²) in [5.41, 5.74) is 11.2. The molecule has 1 aliphatic rings. The first-order valence-electron chi connectivity index (χ1n) is 6.91. The third kappa shape index (κ3) is 2.41. The van der Waals surface area contributed by atoms with Crippen LogP contribution >= 0.6 is 0 Å². The van der Waals surface area contributed by atoms with E-state index in [0.29, 0.717) is 11.8 Å². The van der Waals surface area contributed by atoms with Crippen molar-refractivity contribution in [3.63, 3.8) is 0 Å². The topological polar surface area (TPSA) is 38.9 Å². The number of aryl methyl sites for hydroxylation is 2. The summed E-state index contributed by atoms with van der Waals surface area (Å²) < 4.78 is 0. The van der Waals surface area contributed by atoms with E-state index in [2.05, 4.69) is 54.4 Å². The van der Waals surface area contributed by atoms with Crippen LogP contribution < -0.4 is 5.73 Å². The molecule has 1 aromatic heterocycles. The molecule has 1 aromatic carbocycles. The molecule has 0 saturated heterocycles. The van der Waals surface area contributed by atoms with Gasteiger partial charge in [-0.1, -0.05) is 36.4 Å². The average Bonchev–Trinajstić information content (AvgIpc) is 3.19. The quantitative estimate of drug-likeness (QED) is 0.908. The van der Waals surface area contributed by atoms with Crippen molar-refractivity contribution in [2.24, 2.45) is 11.7 Å². The standard InChI is InChI=1S/C17H20N2/c1-11-8-9-14(12(2)19-11)17(18)16-10-15(16)13-6-4-3-5-7-13/h3-9,15-17H,10,18H2,1-2H3. The lowest BCUT2D eigenvalue weighted by Crippen LogP contribution is -2.15. The first-order valence-corrected chi connectivity index (χ1v) is 6.91. The molecular formula is C17H20N2. The van der Waals surface area contributed by atoms with E-state index in [1.54, 1.807) is 0 Å². The maximum Gasteiger partial charge on any atom is 0.0423 e. The lowest BCUT2D eigenvalue weighted by atomic mass is 9.98. The van der Waals surface area contributed by atoms with E-state index in [1.807, 2.05) is 6.92 Å². The second-order valence-corrected chi connectivity index (χ2v) is 5.57. The fraction of sp³-hybridized carbons (Fsp3) is 0.353. The largest absolute Gasteiger partial charge is 0.324 e. The Morgan fingerprint density at radius 3 is 2.53 bits per heavy atom. The average molecular weight is 252 g/mol. The zero-order chi connectivity index (χ0) is 13.4. The molecule has 2 heteroatoms. The highest BCUT2D eigenvalue weighted by Gasteiger charge is 2.43. The predicted octanol–water partition coefficient (Wildman–Crippen LogP) is 3.50. The van der Waals surface area contributed by atoms with Crippen LogP contribution in [0.5, 0.6) is 0 Å². The Hall–Kier alpha value is -1.67. The summed E-state index contributed by atoms with van der Waals surface area (Å²) >= 11 is 0. The molecule has 2 nitrogen and oxygen atoms in total. The molecule has 98 valence electrons. The highest BCUT2D eigenvalue weighted by Crippen LogP contribution is 2.53. The Bertz CT molecular complexity index is 577. The Balaban J connectivity index is 1.78. The Labute approximate surface area is 114 Å². The van der Waals surface area contributed by atoms with Gasteiger partial charge in [0, 0.05) is 17.4 Å². The zero-order valence-electron chi connectivity index (χ0n) is 11.5. The van der Waals surface area contributed by atoms with Gasteiger partial charge in [0.05, 0.1) is 0 Å². The van der Waals surface area contributed by atoms with Crippen LogP contribution in [0.1, 0.15) is 40.9 Å². The monoisotopic (exact) mass is 252 g/mol. The summed E-state index contributed by atoms with van der Waals surface area (Å²) in [6.45, 7) is 4.08. The second kappa shape index (κ2) is 4.78. The third-order valence-electron chi connectivity index (χ3n) is 4.15. The molecule has 2 aromatic rings. The molecule has 2 N–H and O–H groups in total. The molecule has 0 radical (unpaired) electrons. The van der Waals surface area contributed by atoms with Crippen molar-refractivity contribution in [2.75, 3.05) is 0 Å². The molecular weight excluding hydrogens is 232 g/mol. The van der Waals surface area contributed by atoms with Crippen LogP contribution in [0, 0.1) is 19.8 Å². The van der Waals surface area contributed by atoms with Gasteiger partial charge >= 0.3 is 0 Å². The van der Waals surface area contributed by atoms with Crippen molar-refractivity contribution >= 4 is 0 Å². The second-order valence-electron chi connectivity index (χ2n) is 5.57. The highest BCUT2D eigenvalue weighted by molar-refractivity contribution is 5.32. The van der Waals surface area contributed by atoms with Crippen molar-refractivity contribution in [2.45, 2.75) is 32.2 Å². The van der Waals surface area contributed by atoms with Crippen LogP contribution in [0.15, 0.2) is 42.5 Å². The summed E-state index contributed by atoms with van der Waals surface area (Å²) in [6, 6.07) is 15.0. The SMILES string of the molecule is Cc1ccc(C(N)C2CC2c2ccccc2)c(C)n1. The number of rotatable bonds is 3. The van der Waals surface area contributed by atoms with E-state index in [9.17, 15) is 0 Å². The van der Waals surface area contributed by atoms with E-state index in [-0.39, 0.29) is 6.04 Å². The number of hydrogen-bond donors (Lipinski definition) is 1. The van der Waals surface area contributed by atoms with Gasteiger partial charge in [-0.2, -0.15) is 0 Å². The molecule has 0 spiro atoms. The summed E-state index contributed by atoms with van der Waals surface area (Å²) in [4.78, 5) is 4.52. The van der Waals surface area contributed by atoms with Gasteiger partial charge in [-0.15, -0.1) is 0 Å². The van der Waals surface area contributed by atoms with Crippen molar-refractivity contribution in [1.29, 1.82) is 0 Å². The first kappa shape index (κ1) is 12.4. The van der Waals surface area contributed by atoms with Gasteiger partial charge in [-0.25, -0.2) is 0 Å². The van der Waals surface area contributed by atoms with Gasteiger partial charge < -0.3 is 5.73 Å². The Morgan fingerprint density at radius 1 is 1.11 bits per heavy atom. The number of nitrogens with two attached hydrogens (primary N) is 1. The van der Waals surface area contributed by atoms with E-state index in [1.165, 1.54) is 17.5 Å². The number of hydrogen-bond acceptors (Lipinski definition) is 2. The molecule has 1 saturated carbocycles. The van der Waals surface area contributed by atoms with Crippen molar-refractivity contribution in [3.8, 4) is 0 Å². The van der Waals surface area contributed by atoms with Gasteiger partial charge in [0.15, 0.2) is 0 Å². The minimum Gasteiger partial charge on any atom is -0.324 e. The van der Waals surface area contributed by atoms with Gasteiger partial charge in [-0.05, 0) is 49.3 Å². The highest BCUT2D eigenvalue weighted by atomic mass is 14.8. The lowest BCUT2D eigenvalue weighted by molar-refractivity contribution is 0.608. The minimum atomic E-state index is 0.110. The van der Waals surface area contributed by atoms with Crippen LogP contribution in [0.25, 0.3) is 0 Å². The van der Waals surface area contributed by atoms with Crippen molar-refractivity contribution in [3.05, 3.63) is 65.0 Å². The molecule has 1 aliphatic carbocycles. The molecule has 0 aliphatic heterocycles. The molecule has 3 atom stereocenters. The smallest absolute Gasteiger partial charge is 0.0423 e. The molecule has 19 heavy (non-hydrogen) atoms. The van der Waals surface area contributed by atoms with Crippen LogP contribution in [-0.2, 0) is 0 Å². The maximum atomic E-state index is 6.44. The minimum absolute atomic E-state index is 0.110. The molecule has 1 heterocycles. The Morgan fingerprint density at radius 2 is 1.84 bits per heavy atom. The number of benzene rings is 1. The summed E-state index contributed by atoms with van der Waals surface area (Å²) in [6.07, 6.45) is 1.19. The molecule has 0 amide bonds. The fourth-order valence-electron chi connectivity index (χ4n) is 2.98. The van der Waals surface area contributed by atoms with Crippen LogP contribution in [-0.4, -0.2) is 4.98 Å². The maximum absolute atomic E-state index is 6.44. The van der Waals surface area contributed by atoms with Crippen molar-refractivity contribution < 1.29 is 0 Å². The van der Waals surface area contributed by atoms with Gasteiger partial charge in [-0.3, -0.25) is 4.98 Å². The first-order chi connectivity index (χ1) is 9.16. The molecule has 3 unspecified atom stereocenters. The fourth-order valence-corrected chi connectivity index (χ4v) is 2.98. The van der Waals surface area contributed by atoms with Gasteiger partial charge in [0.1, 0.15) is 0 Å². The van der Waals surface area contributed by atoms with Gasteiger partial charge in [0.25, 0.3) is 0 Å². The van der Waals surface area contributed by atoms with Crippen molar-refractivity contribution in [1.82, 2.24) is 4.98 Å². The normalized spacial score (nSPS) is 23.1. The lowest BCUT2D eigenvalue weighted by Gasteiger charge is -2.14. The third-order valence-corrected chi connectivity index (χ3v) is 4.15. The predicted molar refractivity (Wildman–Crippen MR) is 77.9 cm³/mol. The molecule has 0 bridgehead atoms. The van der Waals surface area contributed by atoms with Gasteiger partial charge in [0.2, 0.25) is 0 Å². The van der Waals surface area contributed by atoms with E-state index < -0.39 is 0 Å². The van der Waals surface area contributed by atoms with E-state index in [4.69, 9.17) is 5.73 Å². The molecule has 1 fully saturated rings.